The van der Waals surface area contributed by atoms with Crippen LogP contribution in [0.4, 0.5) is 11.4 Å². The van der Waals surface area contributed by atoms with Crippen molar-refractivity contribution < 1.29 is 14.5 Å². The topological polar surface area (TPSA) is 113 Å². The summed E-state index contributed by atoms with van der Waals surface area (Å²) in [6.45, 7) is 3.70. The zero-order valence-electron chi connectivity index (χ0n) is 15.6. The summed E-state index contributed by atoms with van der Waals surface area (Å²) in [6, 6.07) is 17.0. The van der Waals surface area contributed by atoms with Gasteiger partial charge in [0.2, 0.25) is 5.91 Å². The average Bonchev–Trinajstić information content (AvgIpc) is 2.71. The summed E-state index contributed by atoms with van der Waals surface area (Å²) >= 11 is 5.80. The molecule has 0 aliphatic rings. The lowest BCUT2D eigenvalue weighted by Gasteiger charge is -2.12. The van der Waals surface area contributed by atoms with Crippen molar-refractivity contribution >= 4 is 45.6 Å². The fraction of sp³-hybridized carbons (Fsp3) is 0.0476. The van der Waals surface area contributed by atoms with E-state index >= 15 is 0 Å². The van der Waals surface area contributed by atoms with E-state index in [1.807, 2.05) is 36.4 Å². The molecule has 9 heteroatoms. The van der Waals surface area contributed by atoms with Crippen LogP contribution in [0.1, 0.15) is 16.8 Å². The van der Waals surface area contributed by atoms with Gasteiger partial charge >= 0.3 is 0 Å². The number of anilines is 1. The second-order valence-electron chi connectivity index (χ2n) is 6.39. The number of nitro groups is 1. The Bertz CT molecular complexity index is 1160. The smallest absolute Gasteiger partial charge is 0.287 e. The molecule has 0 spiro atoms. The zero-order valence-corrected chi connectivity index (χ0v) is 16.4. The highest BCUT2D eigenvalue weighted by Crippen LogP contribution is 2.25. The van der Waals surface area contributed by atoms with Crippen molar-refractivity contribution in [2.75, 3.05) is 5.32 Å². The van der Waals surface area contributed by atoms with E-state index in [1.165, 1.54) is 12.1 Å². The molecule has 3 rings (SSSR count). The highest BCUT2D eigenvalue weighted by Gasteiger charge is 2.15. The van der Waals surface area contributed by atoms with Gasteiger partial charge in [-0.3, -0.25) is 25.1 Å². The minimum absolute atomic E-state index is 0.0753. The Balaban J connectivity index is 1.52. The Morgan fingerprint density at radius 2 is 1.73 bits per heavy atom. The number of hydrogen-bond donors (Lipinski definition) is 3. The Morgan fingerprint density at radius 1 is 1.00 bits per heavy atom. The van der Waals surface area contributed by atoms with Crippen LogP contribution in [0.5, 0.6) is 0 Å². The van der Waals surface area contributed by atoms with Gasteiger partial charge in [0.25, 0.3) is 11.6 Å². The van der Waals surface area contributed by atoms with Crippen LogP contribution < -0.4 is 16.2 Å². The second-order valence-corrected chi connectivity index (χ2v) is 6.80. The first kappa shape index (κ1) is 20.8. The average molecular weight is 425 g/mol. The van der Waals surface area contributed by atoms with Crippen LogP contribution in [0.2, 0.25) is 5.02 Å². The van der Waals surface area contributed by atoms with Crippen molar-refractivity contribution in [3.63, 3.8) is 0 Å². The summed E-state index contributed by atoms with van der Waals surface area (Å²) in [7, 11) is 0. The molecule has 0 radical (unpaired) electrons. The normalized spacial score (nSPS) is 10.3. The van der Waals surface area contributed by atoms with Crippen molar-refractivity contribution in [3.05, 3.63) is 93.6 Å². The number of halogens is 1. The molecule has 3 N–H and O–H groups in total. The Labute approximate surface area is 176 Å². The summed E-state index contributed by atoms with van der Waals surface area (Å²) in [6.07, 6.45) is -0.0753. The summed E-state index contributed by atoms with van der Waals surface area (Å²) < 4.78 is 0. The van der Waals surface area contributed by atoms with Crippen LogP contribution >= 0.6 is 11.6 Å². The van der Waals surface area contributed by atoms with Crippen LogP contribution in [-0.4, -0.2) is 16.7 Å². The molecule has 152 valence electrons. The predicted molar refractivity (Wildman–Crippen MR) is 115 cm³/mol. The number of nitrogens with one attached hydrogen (secondary N) is 3. The molecule has 0 saturated carbocycles. The lowest BCUT2D eigenvalue weighted by atomic mass is 10.1. The van der Waals surface area contributed by atoms with E-state index < -0.39 is 10.8 Å². The molecule has 3 aromatic rings. The van der Waals surface area contributed by atoms with Gasteiger partial charge in [-0.1, -0.05) is 48.5 Å². The maximum Gasteiger partial charge on any atom is 0.287 e. The second kappa shape index (κ2) is 9.06. The molecule has 0 bridgehead atoms. The zero-order chi connectivity index (χ0) is 21.7. The van der Waals surface area contributed by atoms with Crippen molar-refractivity contribution in [2.45, 2.75) is 6.42 Å². The molecule has 0 unspecified atom stereocenters. The molecule has 0 aliphatic heterocycles. The molecule has 0 fully saturated rings. The third-order valence-electron chi connectivity index (χ3n) is 4.17. The first-order chi connectivity index (χ1) is 14.3. The lowest BCUT2D eigenvalue weighted by molar-refractivity contribution is -0.384. The molecule has 8 nitrogen and oxygen atoms in total. The third kappa shape index (κ3) is 5.12. The van der Waals surface area contributed by atoms with E-state index in [4.69, 9.17) is 11.6 Å². The van der Waals surface area contributed by atoms with Gasteiger partial charge in [-0.05, 0) is 35.0 Å². The van der Waals surface area contributed by atoms with Gasteiger partial charge in [-0.2, -0.15) is 0 Å². The number of benzene rings is 3. The largest absolute Gasteiger partial charge is 0.326 e. The maximum atomic E-state index is 12.2. The summed E-state index contributed by atoms with van der Waals surface area (Å²) in [4.78, 5) is 34.5. The Hall–Kier alpha value is -3.91. The minimum atomic E-state index is -0.641. The molecule has 0 heterocycles. The third-order valence-corrected chi connectivity index (χ3v) is 4.47. The quantitative estimate of drug-likeness (QED) is 0.389. The van der Waals surface area contributed by atoms with E-state index in [9.17, 15) is 19.7 Å². The monoisotopic (exact) mass is 424 g/mol. The van der Waals surface area contributed by atoms with E-state index in [2.05, 4.69) is 22.7 Å². The molecule has 0 atom stereocenters. The SMILES string of the molecule is C=C(CC(=O)Nc1ccc2ccccc2c1)NNC(=O)c1ccc([N+](=O)[O-])c(Cl)c1. The molecule has 30 heavy (non-hydrogen) atoms. The number of rotatable bonds is 7. The van der Waals surface area contributed by atoms with Crippen molar-refractivity contribution in [2.24, 2.45) is 0 Å². The molecule has 3 aromatic carbocycles. The highest BCUT2D eigenvalue weighted by atomic mass is 35.5. The van der Waals surface area contributed by atoms with Crippen LogP contribution in [0.15, 0.2) is 72.9 Å². The number of amides is 2. The van der Waals surface area contributed by atoms with Gasteiger partial charge in [0.15, 0.2) is 0 Å². The number of nitrogens with zero attached hydrogens (tertiary/aromatic N) is 1. The molecule has 0 saturated heterocycles. The van der Waals surface area contributed by atoms with Gasteiger partial charge in [-0.25, -0.2) is 0 Å². The number of carbonyl (C=O) groups is 2. The minimum Gasteiger partial charge on any atom is -0.326 e. The van der Waals surface area contributed by atoms with Crippen molar-refractivity contribution in [1.29, 1.82) is 0 Å². The fourth-order valence-electron chi connectivity index (χ4n) is 2.72. The predicted octanol–water partition coefficient (Wildman–Crippen LogP) is 4.18. The van der Waals surface area contributed by atoms with E-state index in [0.29, 0.717) is 5.69 Å². The standard InChI is InChI=1S/C21H17ClN4O4/c1-13(24-25-21(28)16-7-9-19(26(29)30)18(22)12-16)10-20(27)23-17-8-6-14-4-2-3-5-15(14)11-17/h2-9,11-12,24H,1,10H2,(H,23,27)(H,25,28). The maximum absolute atomic E-state index is 12.2. The van der Waals surface area contributed by atoms with Crippen LogP contribution in [0.25, 0.3) is 10.8 Å². The van der Waals surface area contributed by atoms with E-state index in [0.717, 1.165) is 16.8 Å². The lowest BCUT2D eigenvalue weighted by Crippen LogP contribution is -2.37. The van der Waals surface area contributed by atoms with Crippen molar-refractivity contribution in [1.82, 2.24) is 10.9 Å². The van der Waals surface area contributed by atoms with Crippen LogP contribution in [-0.2, 0) is 4.79 Å². The number of hydrogen-bond acceptors (Lipinski definition) is 5. The van der Waals surface area contributed by atoms with Gasteiger partial charge in [0.1, 0.15) is 5.02 Å². The van der Waals surface area contributed by atoms with Crippen molar-refractivity contribution in [3.8, 4) is 0 Å². The number of carbonyl (C=O) groups excluding carboxylic acids is 2. The first-order valence-corrected chi connectivity index (χ1v) is 9.18. The Morgan fingerprint density at radius 3 is 2.43 bits per heavy atom. The van der Waals surface area contributed by atoms with Gasteiger partial charge in [0, 0.05) is 23.0 Å². The number of nitro benzene ring substituents is 1. The fourth-order valence-corrected chi connectivity index (χ4v) is 2.97. The van der Waals surface area contributed by atoms with Gasteiger partial charge in [-0.15, -0.1) is 0 Å². The number of hydrazine groups is 1. The highest BCUT2D eigenvalue weighted by molar-refractivity contribution is 6.33. The summed E-state index contributed by atoms with van der Waals surface area (Å²) in [5.41, 5.74) is 5.65. The Kier molecular flexibility index (Phi) is 6.29. The molecular weight excluding hydrogens is 408 g/mol. The first-order valence-electron chi connectivity index (χ1n) is 8.80. The van der Waals surface area contributed by atoms with E-state index in [1.54, 1.807) is 6.07 Å². The molecule has 2 amide bonds. The van der Waals surface area contributed by atoms with Gasteiger partial charge < -0.3 is 10.7 Å². The van der Waals surface area contributed by atoms with Crippen LogP contribution in [0, 0.1) is 10.1 Å². The summed E-state index contributed by atoms with van der Waals surface area (Å²) in [5.74, 6) is -0.890. The van der Waals surface area contributed by atoms with Gasteiger partial charge in [0.05, 0.1) is 11.3 Å². The molecule has 0 aromatic heterocycles. The summed E-state index contributed by atoms with van der Waals surface area (Å²) in [5, 5.41) is 15.5. The van der Waals surface area contributed by atoms with E-state index in [-0.39, 0.29) is 34.3 Å². The molecule has 0 aliphatic carbocycles. The van der Waals surface area contributed by atoms with Crippen LogP contribution in [0.3, 0.4) is 0 Å². The number of fused-ring (bicyclic) bond motifs is 1. The molecular formula is C21H17ClN4O4.